The van der Waals surface area contributed by atoms with Crippen LogP contribution in [-0.4, -0.2) is 29.1 Å². The smallest absolute Gasteiger partial charge is 0.261 e. The summed E-state index contributed by atoms with van der Waals surface area (Å²) in [6, 6.07) is 10.5. The van der Waals surface area contributed by atoms with Crippen LogP contribution in [0.25, 0.3) is 0 Å². The van der Waals surface area contributed by atoms with Crippen LogP contribution in [0.2, 0.25) is 0 Å². The Morgan fingerprint density at radius 2 is 1.57 bits per heavy atom. The molecule has 4 rings (SSSR count). The van der Waals surface area contributed by atoms with Gasteiger partial charge in [-0.25, -0.2) is 16.8 Å². The minimum Gasteiger partial charge on any atom is -0.280 e. The molecule has 2 aromatic rings. The van der Waals surface area contributed by atoms with E-state index in [-0.39, 0.29) is 10.6 Å². The zero-order valence-electron chi connectivity index (χ0n) is 17.2. The first kappa shape index (κ1) is 21.2. The summed E-state index contributed by atoms with van der Waals surface area (Å²) in [5, 5.41) is 0. The molecule has 0 saturated carbocycles. The number of hydrogen-bond donors (Lipinski definition) is 1. The summed E-state index contributed by atoms with van der Waals surface area (Å²) < 4.78 is 55.4. The third-order valence-electron chi connectivity index (χ3n) is 5.84. The summed E-state index contributed by atoms with van der Waals surface area (Å²) in [6.07, 6.45) is 6.21. The fraction of sp³-hybridized carbons (Fsp3) is 0.455. The largest absolute Gasteiger partial charge is 0.280 e. The van der Waals surface area contributed by atoms with Crippen LogP contribution in [0.4, 0.5) is 11.4 Å². The maximum Gasteiger partial charge on any atom is 0.261 e. The number of rotatable bonds is 6. The van der Waals surface area contributed by atoms with E-state index in [0.29, 0.717) is 24.3 Å². The zero-order chi connectivity index (χ0) is 21.4. The Balaban J connectivity index is 1.64. The second kappa shape index (κ2) is 8.23. The first-order valence-electron chi connectivity index (χ1n) is 10.6. The first-order chi connectivity index (χ1) is 14.3. The molecular weight excluding hydrogens is 420 g/mol. The molecule has 0 radical (unpaired) electrons. The van der Waals surface area contributed by atoms with Gasteiger partial charge in [0.2, 0.25) is 10.0 Å². The quantitative estimate of drug-likeness (QED) is 0.727. The summed E-state index contributed by atoms with van der Waals surface area (Å²) in [5.41, 5.74) is 4.22. The van der Waals surface area contributed by atoms with Gasteiger partial charge in [0.1, 0.15) is 0 Å². The fourth-order valence-electron chi connectivity index (χ4n) is 4.35. The Labute approximate surface area is 179 Å². The van der Waals surface area contributed by atoms with Crippen molar-refractivity contribution in [2.75, 3.05) is 21.3 Å². The van der Waals surface area contributed by atoms with Gasteiger partial charge in [0, 0.05) is 6.54 Å². The highest BCUT2D eigenvalue weighted by atomic mass is 32.2. The topological polar surface area (TPSA) is 83.6 Å². The van der Waals surface area contributed by atoms with E-state index in [0.717, 1.165) is 49.7 Å². The van der Waals surface area contributed by atoms with E-state index >= 15 is 0 Å². The molecular formula is C22H28N2O4S2. The summed E-state index contributed by atoms with van der Waals surface area (Å²) in [7, 11) is -7.17. The molecule has 0 unspecified atom stereocenters. The highest BCUT2D eigenvalue weighted by Crippen LogP contribution is 2.33. The third-order valence-corrected chi connectivity index (χ3v) is 9.20. The van der Waals surface area contributed by atoms with Crippen LogP contribution < -0.4 is 9.03 Å². The minimum atomic E-state index is -3.75. The van der Waals surface area contributed by atoms with Gasteiger partial charge in [0.15, 0.2) is 0 Å². The summed E-state index contributed by atoms with van der Waals surface area (Å²) in [6.45, 7) is 2.27. The van der Waals surface area contributed by atoms with E-state index < -0.39 is 20.0 Å². The molecule has 30 heavy (non-hydrogen) atoms. The van der Waals surface area contributed by atoms with E-state index in [9.17, 15) is 16.8 Å². The third kappa shape index (κ3) is 4.21. The molecule has 0 saturated heterocycles. The second-order valence-electron chi connectivity index (χ2n) is 8.08. The molecule has 0 amide bonds. The van der Waals surface area contributed by atoms with Gasteiger partial charge in [-0.05, 0) is 85.9 Å². The van der Waals surface area contributed by atoms with Gasteiger partial charge < -0.3 is 0 Å². The van der Waals surface area contributed by atoms with Crippen LogP contribution in [0.5, 0.6) is 0 Å². The lowest BCUT2D eigenvalue weighted by Crippen LogP contribution is -2.37. The lowest BCUT2D eigenvalue weighted by molar-refractivity contribution is 0.585. The monoisotopic (exact) mass is 448 g/mol. The highest BCUT2D eigenvalue weighted by molar-refractivity contribution is 7.93. The van der Waals surface area contributed by atoms with Gasteiger partial charge in [-0.2, -0.15) is 0 Å². The summed E-state index contributed by atoms with van der Waals surface area (Å²) in [5.74, 6) is 0.0809. The Morgan fingerprint density at radius 3 is 2.33 bits per heavy atom. The normalized spacial score (nSPS) is 16.6. The van der Waals surface area contributed by atoms with Crippen molar-refractivity contribution >= 4 is 31.4 Å². The van der Waals surface area contributed by atoms with E-state index in [2.05, 4.69) is 4.72 Å². The first-order valence-corrected chi connectivity index (χ1v) is 13.7. The number of aryl methyl sites for hydroxylation is 3. The van der Waals surface area contributed by atoms with Crippen molar-refractivity contribution in [3.05, 3.63) is 53.1 Å². The van der Waals surface area contributed by atoms with Gasteiger partial charge in [-0.3, -0.25) is 9.03 Å². The van der Waals surface area contributed by atoms with Gasteiger partial charge in [-0.1, -0.05) is 19.1 Å². The molecule has 0 spiro atoms. The van der Waals surface area contributed by atoms with Crippen LogP contribution in [0, 0.1) is 0 Å². The Bertz CT molecular complexity index is 1160. The molecule has 1 aliphatic carbocycles. The Morgan fingerprint density at radius 1 is 0.867 bits per heavy atom. The van der Waals surface area contributed by atoms with Gasteiger partial charge in [0.25, 0.3) is 10.0 Å². The van der Waals surface area contributed by atoms with Crippen LogP contribution in [-0.2, 0) is 39.3 Å². The predicted octanol–water partition coefficient (Wildman–Crippen LogP) is 3.86. The van der Waals surface area contributed by atoms with Crippen molar-refractivity contribution in [3.8, 4) is 0 Å². The van der Waals surface area contributed by atoms with Crippen LogP contribution >= 0.6 is 0 Å². The number of nitrogens with zero attached hydrogens (tertiary/aromatic N) is 1. The Hall–Kier alpha value is -2.06. The molecule has 2 aromatic carbocycles. The van der Waals surface area contributed by atoms with Gasteiger partial charge in [-0.15, -0.1) is 0 Å². The van der Waals surface area contributed by atoms with E-state index in [1.165, 1.54) is 9.87 Å². The molecule has 0 fully saturated rings. The van der Waals surface area contributed by atoms with E-state index in [1.54, 1.807) is 24.3 Å². The van der Waals surface area contributed by atoms with Crippen LogP contribution in [0.3, 0.4) is 0 Å². The van der Waals surface area contributed by atoms with Crippen molar-refractivity contribution in [3.63, 3.8) is 0 Å². The average molecular weight is 449 g/mol. The van der Waals surface area contributed by atoms with E-state index in [1.807, 2.05) is 19.1 Å². The number of benzene rings is 2. The molecule has 0 aromatic heterocycles. The van der Waals surface area contributed by atoms with Crippen LogP contribution in [0.1, 0.15) is 49.3 Å². The molecule has 1 aliphatic heterocycles. The maximum atomic E-state index is 13.0. The number of nitrogens with one attached hydrogen (secondary N) is 1. The average Bonchev–Trinajstić information content (AvgIpc) is 2.72. The SMILES string of the molecule is CCCS(=O)(=O)N1CCCc2ccc(NS(=O)(=O)c3ccc4c(c3)CCCC4)cc21. The molecule has 162 valence electrons. The molecule has 8 heteroatoms. The standard InChI is InChI=1S/C22H28N2O4S2/c1-2-14-29(25,26)24-13-5-8-18-9-11-20(16-22(18)24)23-30(27,28)21-12-10-17-6-3-4-7-19(17)15-21/h9-12,15-16,23H,2-8,13-14H2,1H3. The number of sulfonamides is 2. The molecule has 0 atom stereocenters. The zero-order valence-corrected chi connectivity index (χ0v) is 18.9. The Kier molecular flexibility index (Phi) is 5.81. The van der Waals surface area contributed by atoms with Gasteiger partial charge >= 0.3 is 0 Å². The highest BCUT2D eigenvalue weighted by Gasteiger charge is 2.27. The molecule has 0 bridgehead atoms. The predicted molar refractivity (Wildman–Crippen MR) is 120 cm³/mol. The molecule has 2 aliphatic rings. The van der Waals surface area contributed by atoms with Crippen molar-refractivity contribution in [2.45, 2.75) is 56.8 Å². The lowest BCUT2D eigenvalue weighted by Gasteiger charge is -2.31. The molecule has 6 nitrogen and oxygen atoms in total. The van der Waals surface area contributed by atoms with Crippen molar-refractivity contribution in [2.24, 2.45) is 0 Å². The molecule has 1 N–H and O–H groups in total. The number of hydrogen-bond acceptors (Lipinski definition) is 4. The minimum absolute atomic E-state index is 0.0809. The van der Waals surface area contributed by atoms with Crippen molar-refractivity contribution < 1.29 is 16.8 Å². The number of anilines is 2. The van der Waals surface area contributed by atoms with Crippen molar-refractivity contribution in [1.82, 2.24) is 0 Å². The fourth-order valence-corrected chi connectivity index (χ4v) is 7.07. The summed E-state index contributed by atoms with van der Waals surface area (Å²) in [4.78, 5) is 0.247. The van der Waals surface area contributed by atoms with E-state index in [4.69, 9.17) is 0 Å². The maximum absolute atomic E-state index is 13.0. The number of fused-ring (bicyclic) bond motifs is 2. The van der Waals surface area contributed by atoms with Crippen LogP contribution in [0.15, 0.2) is 41.3 Å². The summed E-state index contributed by atoms with van der Waals surface area (Å²) >= 11 is 0. The lowest BCUT2D eigenvalue weighted by atomic mass is 9.92. The van der Waals surface area contributed by atoms with Crippen molar-refractivity contribution in [1.29, 1.82) is 0 Å². The molecule has 1 heterocycles. The second-order valence-corrected chi connectivity index (χ2v) is 11.8. The van der Waals surface area contributed by atoms with Gasteiger partial charge in [0.05, 0.1) is 22.0 Å².